The molecule has 162 valence electrons. The van der Waals surface area contributed by atoms with Crippen LogP contribution in [0.4, 0.5) is 0 Å². The zero-order valence-electron chi connectivity index (χ0n) is 17.1. The summed E-state index contributed by atoms with van der Waals surface area (Å²) in [7, 11) is 0. The van der Waals surface area contributed by atoms with Crippen molar-refractivity contribution in [3.8, 4) is 0 Å². The largest absolute Gasteiger partial charge is 0.412 e. The molecule has 0 radical (unpaired) electrons. The van der Waals surface area contributed by atoms with Gasteiger partial charge in [-0.15, -0.1) is 11.6 Å². The lowest BCUT2D eigenvalue weighted by atomic mass is 9.45. The van der Waals surface area contributed by atoms with Gasteiger partial charge in [-0.25, -0.2) is 0 Å². The number of hydrogen-bond acceptors (Lipinski definition) is 5. The molecule has 0 bridgehead atoms. The fourth-order valence-corrected chi connectivity index (χ4v) is 7.78. The highest BCUT2D eigenvalue weighted by Crippen LogP contribution is 2.71. The van der Waals surface area contributed by atoms with E-state index in [0.29, 0.717) is 19.3 Å². The summed E-state index contributed by atoms with van der Waals surface area (Å²) in [5.41, 5.74) is -2.25. The highest BCUT2D eigenvalue weighted by Gasteiger charge is 2.74. The molecule has 7 heteroatoms. The maximum absolute atomic E-state index is 12.6. The van der Waals surface area contributed by atoms with E-state index < -0.39 is 39.8 Å². The molecule has 0 aromatic rings. The van der Waals surface area contributed by atoms with Crippen LogP contribution >= 0.6 is 11.6 Å². The molecule has 3 saturated carbocycles. The minimum absolute atomic E-state index is 0. The third-order valence-electron chi connectivity index (χ3n) is 8.79. The lowest BCUT2D eigenvalue weighted by molar-refractivity contribution is -0.179. The summed E-state index contributed by atoms with van der Waals surface area (Å²) < 4.78 is 0. The lowest BCUT2D eigenvalue weighted by Crippen LogP contribution is -2.69. The predicted molar refractivity (Wildman–Crippen MR) is 108 cm³/mol. The Morgan fingerprint density at radius 3 is 2.59 bits per heavy atom. The second-order valence-corrected chi connectivity index (χ2v) is 10.4. The first-order valence-electron chi connectivity index (χ1n) is 10.1. The van der Waals surface area contributed by atoms with Crippen LogP contribution in [-0.2, 0) is 9.59 Å². The number of hydrogen-bond donors (Lipinski definition) is 3. The van der Waals surface area contributed by atoms with Crippen LogP contribution in [0.2, 0.25) is 0 Å². The van der Waals surface area contributed by atoms with Gasteiger partial charge < -0.3 is 20.8 Å². The molecule has 0 aliphatic heterocycles. The molecule has 8 atom stereocenters. The molecule has 0 spiro atoms. The van der Waals surface area contributed by atoms with E-state index in [9.17, 15) is 24.9 Å². The molecule has 3 fully saturated rings. The summed E-state index contributed by atoms with van der Waals surface area (Å²) in [6, 6.07) is 0. The first kappa shape index (κ1) is 22.6. The molecule has 4 aliphatic carbocycles. The Kier molecular flexibility index (Phi) is 5.25. The first-order valence-corrected chi connectivity index (χ1v) is 10.5. The molecule has 4 aliphatic rings. The fourth-order valence-electron chi connectivity index (χ4n) is 7.26. The normalized spacial score (nSPS) is 50.7. The Labute approximate surface area is 175 Å². The Hall–Kier alpha value is -1.05. The molecule has 0 saturated heterocycles. The monoisotopic (exact) mass is 426 g/mol. The average molecular weight is 427 g/mol. The van der Waals surface area contributed by atoms with Crippen LogP contribution in [0.1, 0.15) is 46.5 Å². The molecular weight excluding hydrogens is 396 g/mol. The molecule has 5 N–H and O–H groups in total. The second kappa shape index (κ2) is 6.72. The van der Waals surface area contributed by atoms with Crippen molar-refractivity contribution in [2.45, 2.75) is 63.0 Å². The third kappa shape index (κ3) is 2.44. The number of carbonyl (C=O) groups is 2. The minimum atomic E-state index is -1.68. The number of aliphatic hydroxyl groups excluding tert-OH is 2. The number of carbonyl (C=O) groups excluding carboxylic acids is 2. The van der Waals surface area contributed by atoms with Crippen LogP contribution in [-0.4, -0.2) is 55.5 Å². The molecule has 0 aromatic carbocycles. The van der Waals surface area contributed by atoms with Gasteiger partial charge in [0, 0.05) is 10.8 Å². The summed E-state index contributed by atoms with van der Waals surface area (Å²) in [6.45, 7) is 4.97. The van der Waals surface area contributed by atoms with Gasteiger partial charge in [0.15, 0.2) is 11.6 Å². The van der Waals surface area contributed by atoms with Gasteiger partial charge in [-0.05, 0) is 55.6 Å². The number of fused-ring (bicyclic) bond motifs is 5. The van der Waals surface area contributed by atoms with E-state index in [1.807, 2.05) is 26.8 Å². The van der Waals surface area contributed by atoms with E-state index in [1.54, 1.807) is 6.08 Å². The van der Waals surface area contributed by atoms with Crippen LogP contribution < -0.4 is 0 Å². The topological polar surface area (TPSA) is 126 Å². The van der Waals surface area contributed by atoms with Crippen molar-refractivity contribution in [3.05, 3.63) is 23.8 Å². The van der Waals surface area contributed by atoms with E-state index in [2.05, 4.69) is 0 Å². The molecule has 29 heavy (non-hydrogen) atoms. The molecule has 0 unspecified atom stereocenters. The molecular formula is C22H31ClO6. The number of rotatable bonds is 2. The van der Waals surface area contributed by atoms with Crippen LogP contribution in [0.3, 0.4) is 0 Å². The van der Waals surface area contributed by atoms with Crippen molar-refractivity contribution in [1.29, 1.82) is 0 Å². The molecule has 0 amide bonds. The smallest absolute Gasteiger partial charge is 0.190 e. The van der Waals surface area contributed by atoms with Gasteiger partial charge in [0.05, 0.1) is 11.0 Å². The van der Waals surface area contributed by atoms with Crippen molar-refractivity contribution < 1.29 is 30.4 Å². The van der Waals surface area contributed by atoms with Crippen molar-refractivity contribution in [1.82, 2.24) is 0 Å². The van der Waals surface area contributed by atoms with Crippen molar-refractivity contribution in [2.75, 3.05) is 6.61 Å². The number of ketones is 2. The third-order valence-corrected chi connectivity index (χ3v) is 9.72. The first-order chi connectivity index (χ1) is 13.0. The Balaban J connectivity index is 0.00000240. The molecule has 4 rings (SSSR count). The molecule has 0 heterocycles. The standard InChI is InChI=1S/C22H29ClO5.H2O/c1-12-8-16-15-5-4-13-9-14(25)6-7-19(13,2)21(15,23)17(26)10-20(16,3)22(12,28)18(27)11-24;/h6-7,9,12,15-17,24,26,28H,4-5,8,10-11H2,1-3H3;1H2/t12-,15-,16-,17-,19-,20-,21-,22-;/m0./s1. The van der Waals surface area contributed by atoms with Crippen LogP contribution in [0.15, 0.2) is 23.8 Å². The number of alkyl halides is 1. The summed E-state index contributed by atoms with van der Waals surface area (Å²) >= 11 is 7.30. The van der Waals surface area contributed by atoms with Crippen LogP contribution in [0, 0.1) is 28.6 Å². The highest BCUT2D eigenvalue weighted by atomic mass is 35.5. The van der Waals surface area contributed by atoms with E-state index in [-0.39, 0.29) is 35.4 Å². The predicted octanol–water partition coefficient (Wildman–Crippen LogP) is 1.34. The van der Waals surface area contributed by atoms with E-state index in [1.165, 1.54) is 6.08 Å². The zero-order valence-corrected chi connectivity index (χ0v) is 17.9. The van der Waals surface area contributed by atoms with Gasteiger partial charge in [-0.1, -0.05) is 32.4 Å². The Morgan fingerprint density at radius 2 is 1.97 bits per heavy atom. The Bertz CT molecular complexity index is 807. The quantitative estimate of drug-likeness (QED) is 0.574. The van der Waals surface area contributed by atoms with E-state index in [4.69, 9.17) is 11.6 Å². The van der Waals surface area contributed by atoms with Crippen LogP contribution in [0.5, 0.6) is 0 Å². The number of aliphatic hydroxyl groups is 3. The number of Topliss-reactive ketones (excluding diaryl/α,β-unsaturated/α-hetero) is 1. The minimum Gasteiger partial charge on any atom is -0.412 e. The number of halogens is 1. The molecule has 0 aromatic heterocycles. The maximum atomic E-state index is 12.6. The second-order valence-electron chi connectivity index (χ2n) is 9.75. The van der Waals surface area contributed by atoms with Gasteiger partial charge in [0.1, 0.15) is 12.2 Å². The van der Waals surface area contributed by atoms with Gasteiger partial charge in [0.2, 0.25) is 0 Å². The summed E-state index contributed by atoms with van der Waals surface area (Å²) in [5.74, 6) is -1.15. The summed E-state index contributed by atoms with van der Waals surface area (Å²) in [6.07, 6.45) is 6.22. The number of allylic oxidation sites excluding steroid dienone is 4. The van der Waals surface area contributed by atoms with E-state index >= 15 is 0 Å². The van der Waals surface area contributed by atoms with Crippen molar-refractivity contribution >= 4 is 23.2 Å². The average Bonchev–Trinajstić information content (AvgIpc) is 2.84. The Morgan fingerprint density at radius 1 is 1.31 bits per heavy atom. The van der Waals surface area contributed by atoms with Crippen molar-refractivity contribution in [2.24, 2.45) is 28.6 Å². The van der Waals surface area contributed by atoms with Gasteiger partial charge >= 0.3 is 0 Å². The fraction of sp³-hybridized carbons (Fsp3) is 0.727. The van der Waals surface area contributed by atoms with Gasteiger partial charge in [-0.2, -0.15) is 0 Å². The van der Waals surface area contributed by atoms with Gasteiger partial charge in [0.25, 0.3) is 0 Å². The summed E-state index contributed by atoms with van der Waals surface area (Å²) in [5, 5.41) is 32.3. The maximum Gasteiger partial charge on any atom is 0.190 e. The van der Waals surface area contributed by atoms with Gasteiger partial charge in [-0.3, -0.25) is 9.59 Å². The van der Waals surface area contributed by atoms with Crippen LogP contribution in [0.25, 0.3) is 0 Å². The SMILES string of the molecule is C[C@H]1C[C@H]2[C@@H]3CCC4=CC(=O)C=C[C@]4(C)[C@@]3(Cl)[C@@H](O)C[C@]2(C)[C@@]1(O)C(=O)CO.O. The molecule has 6 nitrogen and oxygen atoms in total. The van der Waals surface area contributed by atoms with Crippen molar-refractivity contribution in [3.63, 3.8) is 0 Å². The lowest BCUT2D eigenvalue weighted by Gasteiger charge is -2.63. The van der Waals surface area contributed by atoms with E-state index in [0.717, 1.165) is 5.57 Å². The summed E-state index contributed by atoms with van der Waals surface area (Å²) in [4.78, 5) is 23.5. The highest BCUT2D eigenvalue weighted by molar-refractivity contribution is 6.26. The zero-order chi connectivity index (χ0) is 20.7.